The molecule has 0 bridgehead atoms. The van der Waals surface area contributed by atoms with E-state index in [1.165, 1.54) is 0 Å². The summed E-state index contributed by atoms with van der Waals surface area (Å²) in [5.41, 5.74) is 7.88. The summed E-state index contributed by atoms with van der Waals surface area (Å²) in [6.07, 6.45) is 3.56. The molecule has 1 fully saturated rings. The Labute approximate surface area is 112 Å². The number of amides is 1. The fraction of sp³-hybridized carbons (Fsp3) is 0.333. The first-order valence-electron chi connectivity index (χ1n) is 6.63. The van der Waals surface area contributed by atoms with Crippen molar-refractivity contribution in [3.8, 4) is 0 Å². The fourth-order valence-corrected chi connectivity index (χ4v) is 2.63. The Kier molecular flexibility index (Phi) is 3.17. The van der Waals surface area contributed by atoms with E-state index in [0.717, 1.165) is 35.9 Å². The lowest BCUT2D eigenvalue weighted by Gasteiger charge is -2.30. The quantitative estimate of drug-likeness (QED) is 0.888. The van der Waals surface area contributed by atoms with Gasteiger partial charge in [0.25, 0.3) is 0 Å². The smallest absolute Gasteiger partial charge is 0.239 e. The summed E-state index contributed by atoms with van der Waals surface area (Å²) in [5, 5.41) is 1.11. The van der Waals surface area contributed by atoms with Crippen molar-refractivity contribution in [2.24, 2.45) is 5.73 Å². The number of carbonyl (C=O) groups excluding carboxylic acids is 1. The van der Waals surface area contributed by atoms with Gasteiger partial charge in [-0.15, -0.1) is 0 Å². The summed E-state index contributed by atoms with van der Waals surface area (Å²) in [6, 6.07) is 9.70. The highest BCUT2D eigenvalue weighted by Gasteiger charge is 2.25. The maximum absolute atomic E-state index is 12.0. The molecular formula is C15H17N3O. The van der Waals surface area contributed by atoms with E-state index in [1.54, 1.807) is 6.20 Å². The molecule has 0 saturated carbocycles. The third-order valence-corrected chi connectivity index (χ3v) is 3.65. The van der Waals surface area contributed by atoms with Gasteiger partial charge in [-0.1, -0.05) is 24.3 Å². The zero-order chi connectivity index (χ0) is 13.2. The Hall–Kier alpha value is -1.94. The molecule has 1 amide bonds. The SMILES string of the molecule is NC1CCCN(Cc2cccc3cccnc23)C1=O. The monoisotopic (exact) mass is 255 g/mol. The van der Waals surface area contributed by atoms with Gasteiger partial charge in [-0.2, -0.15) is 0 Å². The van der Waals surface area contributed by atoms with E-state index in [0.29, 0.717) is 6.54 Å². The first-order chi connectivity index (χ1) is 9.25. The summed E-state index contributed by atoms with van der Waals surface area (Å²) < 4.78 is 0. The molecule has 1 aromatic carbocycles. The highest BCUT2D eigenvalue weighted by molar-refractivity contribution is 5.84. The lowest BCUT2D eigenvalue weighted by Crippen LogP contribution is -2.47. The standard InChI is InChI=1S/C15H17N3O/c16-13-7-3-9-18(15(13)19)10-12-5-1-4-11-6-2-8-17-14(11)12/h1-2,4-6,8,13H,3,7,9-10,16H2. The van der Waals surface area contributed by atoms with E-state index in [9.17, 15) is 4.79 Å². The number of pyridine rings is 1. The Morgan fingerprint density at radius 1 is 1.32 bits per heavy atom. The molecule has 1 saturated heterocycles. The molecule has 0 spiro atoms. The molecule has 3 rings (SSSR count). The van der Waals surface area contributed by atoms with Gasteiger partial charge in [0.05, 0.1) is 11.6 Å². The number of fused-ring (bicyclic) bond motifs is 1. The topological polar surface area (TPSA) is 59.2 Å². The number of hydrogen-bond donors (Lipinski definition) is 1. The first kappa shape index (κ1) is 12.1. The van der Waals surface area contributed by atoms with Crippen LogP contribution in [-0.4, -0.2) is 28.4 Å². The van der Waals surface area contributed by atoms with Gasteiger partial charge in [-0.3, -0.25) is 9.78 Å². The van der Waals surface area contributed by atoms with Gasteiger partial charge in [0.1, 0.15) is 0 Å². The molecule has 1 aliphatic rings. The normalized spacial score (nSPS) is 19.9. The lowest BCUT2D eigenvalue weighted by molar-refractivity contribution is -0.135. The molecule has 0 aliphatic carbocycles. The van der Waals surface area contributed by atoms with E-state index in [2.05, 4.69) is 4.98 Å². The first-order valence-corrected chi connectivity index (χ1v) is 6.63. The van der Waals surface area contributed by atoms with E-state index in [1.807, 2.05) is 35.2 Å². The van der Waals surface area contributed by atoms with Crippen LogP contribution in [0.1, 0.15) is 18.4 Å². The number of para-hydroxylation sites is 1. The van der Waals surface area contributed by atoms with E-state index in [4.69, 9.17) is 5.73 Å². The third-order valence-electron chi connectivity index (χ3n) is 3.65. The van der Waals surface area contributed by atoms with Gasteiger partial charge in [-0.05, 0) is 24.5 Å². The molecule has 2 N–H and O–H groups in total. The van der Waals surface area contributed by atoms with Crippen LogP contribution in [0.4, 0.5) is 0 Å². The maximum atomic E-state index is 12.0. The van der Waals surface area contributed by atoms with Gasteiger partial charge < -0.3 is 10.6 Å². The minimum absolute atomic E-state index is 0.0548. The molecule has 4 nitrogen and oxygen atoms in total. The van der Waals surface area contributed by atoms with Crippen LogP contribution in [0.25, 0.3) is 10.9 Å². The second kappa shape index (κ2) is 4.97. The number of likely N-dealkylation sites (tertiary alicyclic amines) is 1. The average molecular weight is 255 g/mol. The van der Waals surface area contributed by atoms with Gasteiger partial charge in [-0.25, -0.2) is 0 Å². The Balaban J connectivity index is 1.91. The Bertz CT molecular complexity index is 606. The number of piperidine rings is 1. The van der Waals surface area contributed by atoms with Crippen molar-refractivity contribution in [2.45, 2.75) is 25.4 Å². The number of aromatic nitrogens is 1. The maximum Gasteiger partial charge on any atom is 0.239 e. The molecule has 1 atom stereocenters. The van der Waals surface area contributed by atoms with Crippen LogP contribution >= 0.6 is 0 Å². The zero-order valence-electron chi connectivity index (χ0n) is 10.7. The minimum Gasteiger partial charge on any atom is -0.337 e. The number of benzene rings is 1. The van der Waals surface area contributed by atoms with Crippen LogP contribution in [0.5, 0.6) is 0 Å². The molecule has 4 heteroatoms. The fourth-order valence-electron chi connectivity index (χ4n) is 2.63. The Morgan fingerprint density at radius 3 is 3.05 bits per heavy atom. The molecule has 1 unspecified atom stereocenters. The second-order valence-electron chi connectivity index (χ2n) is 5.00. The summed E-state index contributed by atoms with van der Waals surface area (Å²) >= 11 is 0. The molecule has 1 aromatic heterocycles. The molecule has 0 radical (unpaired) electrons. The molecule has 2 heterocycles. The van der Waals surface area contributed by atoms with Crippen LogP contribution in [0.3, 0.4) is 0 Å². The van der Waals surface area contributed by atoms with Crippen molar-refractivity contribution >= 4 is 16.8 Å². The van der Waals surface area contributed by atoms with E-state index in [-0.39, 0.29) is 11.9 Å². The number of nitrogens with zero attached hydrogens (tertiary/aromatic N) is 2. The molecule has 19 heavy (non-hydrogen) atoms. The largest absolute Gasteiger partial charge is 0.337 e. The summed E-state index contributed by atoms with van der Waals surface area (Å²) in [4.78, 5) is 18.3. The van der Waals surface area contributed by atoms with Crippen molar-refractivity contribution in [2.75, 3.05) is 6.54 Å². The summed E-state index contributed by atoms with van der Waals surface area (Å²) in [7, 11) is 0. The zero-order valence-corrected chi connectivity index (χ0v) is 10.7. The van der Waals surface area contributed by atoms with Crippen molar-refractivity contribution in [3.63, 3.8) is 0 Å². The second-order valence-corrected chi connectivity index (χ2v) is 5.00. The van der Waals surface area contributed by atoms with Crippen LogP contribution in [0, 0.1) is 0 Å². The number of carbonyl (C=O) groups is 1. The molecule has 2 aromatic rings. The minimum atomic E-state index is -0.336. The highest BCUT2D eigenvalue weighted by Crippen LogP contribution is 2.20. The molecular weight excluding hydrogens is 238 g/mol. The van der Waals surface area contributed by atoms with E-state index < -0.39 is 0 Å². The van der Waals surface area contributed by atoms with Crippen LogP contribution in [0.15, 0.2) is 36.5 Å². The molecule has 1 aliphatic heterocycles. The average Bonchev–Trinajstić information content (AvgIpc) is 2.44. The van der Waals surface area contributed by atoms with Gasteiger partial charge in [0.2, 0.25) is 5.91 Å². The highest BCUT2D eigenvalue weighted by atomic mass is 16.2. The summed E-state index contributed by atoms with van der Waals surface area (Å²) in [6.45, 7) is 1.39. The van der Waals surface area contributed by atoms with Crippen LogP contribution in [0.2, 0.25) is 0 Å². The number of nitrogens with two attached hydrogens (primary N) is 1. The lowest BCUT2D eigenvalue weighted by atomic mass is 10.0. The van der Waals surface area contributed by atoms with Crippen molar-refractivity contribution in [3.05, 3.63) is 42.1 Å². The van der Waals surface area contributed by atoms with Gasteiger partial charge in [0, 0.05) is 24.7 Å². The van der Waals surface area contributed by atoms with Crippen LogP contribution < -0.4 is 5.73 Å². The molecule has 98 valence electrons. The Morgan fingerprint density at radius 2 is 2.16 bits per heavy atom. The van der Waals surface area contributed by atoms with Crippen LogP contribution in [-0.2, 0) is 11.3 Å². The van der Waals surface area contributed by atoms with Crippen molar-refractivity contribution in [1.29, 1.82) is 0 Å². The predicted octanol–water partition coefficient (Wildman–Crippen LogP) is 1.68. The van der Waals surface area contributed by atoms with Crippen molar-refractivity contribution in [1.82, 2.24) is 9.88 Å². The van der Waals surface area contributed by atoms with Crippen molar-refractivity contribution < 1.29 is 4.79 Å². The van der Waals surface area contributed by atoms with Gasteiger partial charge >= 0.3 is 0 Å². The predicted molar refractivity (Wildman–Crippen MR) is 74.4 cm³/mol. The number of hydrogen-bond acceptors (Lipinski definition) is 3. The number of rotatable bonds is 2. The third kappa shape index (κ3) is 2.31. The van der Waals surface area contributed by atoms with E-state index >= 15 is 0 Å². The van der Waals surface area contributed by atoms with Gasteiger partial charge in [0.15, 0.2) is 0 Å². The summed E-state index contributed by atoms with van der Waals surface area (Å²) in [5.74, 6) is 0.0548.